The first-order valence-corrected chi connectivity index (χ1v) is 7.73. The lowest BCUT2D eigenvalue weighted by molar-refractivity contribution is 0.121. The van der Waals surface area contributed by atoms with Crippen molar-refractivity contribution in [2.75, 3.05) is 18.4 Å². The fourth-order valence-corrected chi connectivity index (χ4v) is 2.24. The van der Waals surface area contributed by atoms with E-state index in [0.717, 1.165) is 0 Å². The third-order valence-electron chi connectivity index (χ3n) is 3.33. The molecule has 0 aliphatic rings. The van der Waals surface area contributed by atoms with Crippen LogP contribution < -0.4 is 5.32 Å². The van der Waals surface area contributed by atoms with Gasteiger partial charge < -0.3 is 10.0 Å². The summed E-state index contributed by atoms with van der Waals surface area (Å²) in [4.78, 5) is 14.0. The first kappa shape index (κ1) is 17.8. The van der Waals surface area contributed by atoms with Crippen molar-refractivity contribution in [1.29, 1.82) is 0 Å². The minimum atomic E-state index is -0.906. The van der Waals surface area contributed by atoms with E-state index in [0.29, 0.717) is 17.9 Å². The molecule has 2 rings (SSSR count). The number of amides is 2. The number of rotatable bonds is 6. The van der Waals surface area contributed by atoms with Crippen LogP contribution in [0.2, 0.25) is 0 Å². The lowest BCUT2D eigenvalue weighted by Gasteiger charge is -2.27. The molecule has 128 valence electrons. The van der Waals surface area contributed by atoms with Crippen LogP contribution in [-0.4, -0.2) is 39.3 Å². The summed E-state index contributed by atoms with van der Waals surface area (Å²) in [6, 6.07) is 8.51. The maximum absolute atomic E-state index is 13.0. The molecule has 7 heteroatoms. The predicted molar refractivity (Wildman–Crippen MR) is 88.8 cm³/mol. The van der Waals surface area contributed by atoms with Crippen molar-refractivity contribution in [3.63, 3.8) is 0 Å². The van der Waals surface area contributed by atoms with Gasteiger partial charge in [0.15, 0.2) is 5.82 Å². The molecule has 2 N–H and O–H groups in total. The number of benzene rings is 1. The van der Waals surface area contributed by atoms with Gasteiger partial charge in [-0.1, -0.05) is 26.0 Å². The number of halogens is 1. The summed E-state index contributed by atoms with van der Waals surface area (Å²) in [6.07, 6.45) is 0.608. The molecule has 0 saturated heterocycles. The molecule has 1 atom stereocenters. The zero-order valence-corrected chi connectivity index (χ0v) is 13.7. The van der Waals surface area contributed by atoms with E-state index >= 15 is 0 Å². The van der Waals surface area contributed by atoms with Crippen LogP contribution in [0.4, 0.5) is 15.0 Å². The highest BCUT2D eigenvalue weighted by Crippen LogP contribution is 2.16. The second kappa shape index (κ2) is 8.35. The number of aliphatic hydroxyl groups is 1. The lowest BCUT2D eigenvalue weighted by Crippen LogP contribution is -2.40. The highest BCUT2D eigenvalue weighted by Gasteiger charge is 2.20. The smallest absolute Gasteiger partial charge is 0.323 e. The van der Waals surface area contributed by atoms with Gasteiger partial charge in [0.05, 0.1) is 12.6 Å². The molecule has 1 aromatic heterocycles. The molecule has 0 bridgehead atoms. The summed E-state index contributed by atoms with van der Waals surface area (Å²) >= 11 is 0. The molecule has 1 heterocycles. The second-order valence-electron chi connectivity index (χ2n) is 5.91. The Hall–Kier alpha value is -2.54. The van der Waals surface area contributed by atoms with Crippen LogP contribution >= 0.6 is 0 Å². The van der Waals surface area contributed by atoms with E-state index in [4.69, 9.17) is 0 Å². The maximum Gasteiger partial charge on any atom is 0.323 e. The molecule has 1 aromatic carbocycles. The quantitative estimate of drug-likeness (QED) is 0.852. The molecule has 6 nitrogen and oxygen atoms in total. The first-order chi connectivity index (χ1) is 11.5. The van der Waals surface area contributed by atoms with E-state index in [1.807, 2.05) is 13.8 Å². The standard InChI is InChI=1S/C17H21FN4O2/c1-12(2)10-22(17(24)20-16-4-3-9-19-21-16)11-15(23)13-5-7-14(18)8-6-13/h3-9,12,15,23H,10-11H2,1-2H3,(H,20,21,24). The van der Waals surface area contributed by atoms with Gasteiger partial charge in [-0.15, -0.1) is 5.10 Å². The van der Waals surface area contributed by atoms with E-state index < -0.39 is 6.10 Å². The van der Waals surface area contributed by atoms with Crippen molar-refractivity contribution in [1.82, 2.24) is 15.1 Å². The van der Waals surface area contributed by atoms with Gasteiger partial charge in [-0.2, -0.15) is 5.10 Å². The number of hydrogen-bond acceptors (Lipinski definition) is 4. The fraction of sp³-hybridized carbons (Fsp3) is 0.353. The van der Waals surface area contributed by atoms with E-state index in [9.17, 15) is 14.3 Å². The monoisotopic (exact) mass is 332 g/mol. The van der Waals surface area contributed by atoms with Crippen molar-refractivity contribution in [2.45, 2.75) is 20.0 Å². The van der Waals surface area contributed by atoms with E-state index in [1.165, 1.54) is 35.4 Å². The summed E-state index contributed by atoms with van der Waals surface area (Å²) in [5.74, 6) is 0.191. The number of carbonyl (C=O) groups is 1. The maximum atomic E-state index is 13.0. The van der Waals surface area contributed by atoms with Crippen LogP contribution in [0.5, 0.6) is 0 Å². The number of anilines is 1. The molecule has 0 aliphatic carbocycles. The Bertz CT molecular complexity index is 649. The Kier molecular flexibility index (Phi) is 6.20. The number of aliphatic hydroxyl groups excluding tert-OH is 1. The predicted octanol–water partition coefficient (Wildman–Crippen LogP) is 2.84. The summed E-state index contributed by atoms with van der Waals surface area (Å²) in [5, 5.41) is 20.5. The van der Waals surface area contributed by atoms with Gasteiger partial charge in [-0.3, -0.25) is 5.32 Å². The van der Waals surface area contributed by atoms with E-state index in [1.54, 1.807) is 12.1 Å². The summed E-state index contributed by atoms with van der Waals surface area (Å²) < 4.78 is 13.0. The van der Waals surface area contributed by atoms with Crippen molar-refractivity contribution in [3.05, 3.63) is 54.0 Å². The minimum Gasteiger partial charge on any atom is -0.387 e. The van der Waals surface area contributed by atoms with Crippen LogP contribution in [0.1, 0.15) is 25.5 Å². The summed E-state index contributed by atoms with van der Waals surface area (Å²) in [6.45, 7) is 4.51. The van der Waals surface area contributed by atoms with Crippen LogP contribution in [0.15, 0.2) is 42.6 Å². The van der Waals surface area contributed by atoms with Gasteiger partial charge in [0.1, 0.15) is 5.82 Å². The average molecular weight is 332 g/mol. The molecule has 24 heavy (non-hydrogen) atoms. The van der Waals surface area contributed by atoms with Gasteiger partial charge in [0.25, 0.3) is 0 Å². The van der Waals surface area contributed by atoms with Crippen LogP contribution in [0.25, 0.3) is 0 Å². The summed E-state index contributed by atoms with van der Waals surface area (Å²) in [7, 11) is 0. The summed E-state index contributed by atoms with van der Waals surface area (Å²) in [5.41, 5.74) is 0.553. The lowest BCUT2D eigenvalue weighted by atomic mass is 10.1. The average Bonchev–Trinajstić information content (AvgIpc) is 2.55. The van der Waals surface area contributed by atoms with Crippen molar-refractivity contribution >= 4 is 11.8 Å². The van der Waals surface area contributed by atoms with Crippen molar-refractivity contribution in [2.24, 2.45) is 5.92 Å². The largest absolute Gasteiger partial charge is 0.387 e. The minimum absolute atomic E-state index is 0.0932. The Morgan fingerprint density at radius 3 is 2.54 bits per heavy atom. The number of nitrogens with zero attached hydrogens (tertiary/aromatic N) is 3. The number of urea groups is 1. The molecule has 2 aromatic rings. The fourth-order valence-electron chi connectivity index (χ4n) is 2.24. The van der Waals surface area contributed by atoms with Gasteiger partial charge in [0.2, 0.25) is 0 Å². The molecule has 2 amide bonds. The normalized spacial score (nSPS) is 12.0. The van der Waals surface area contributed by atoms with E-state index in [2.05, 4.69) is 15.5 Å². The van der Waals surface area contributed by atoms with Gasteiger partial charge in [-0.05, 0) is 35.7 Å². The van der Waals surface area contributed by atoms with Crippen molar-refractivity contribution in [3.8, 4) is 0 Å². The number of nitrogens with one attached hydrogen (secondary N) is 1. The molecule has 0 fully saturated rings. The number of hydrogen-bond donors (Lipinski definition) is 2. The second-order valence-corrected chi connectivity index (χ2v) is 5.91. The van der Waals surface area contributed by atoms with Crippen molar-refractivity contribution < 1.29 is 14.3 Å². The van der Waals surface area contributed by atoms with Gasteiger partial charge in [-0.25, -0.2) is 9.18 Å². The zero-order valence-electron chi connectivity index (χ0n) is 13.7. The third-order valence-corrected chi connectivity index (χ3v) is 3.33. The van der Waals surface area contributed by atoms with Crippen LogP contribution in [0.3, 0.4) is 0 Å². The van der Waals surface area contributed by atoms with E-state index in [-0.39, 0.29) is 24.3 Å². The Balaban J connectivity index is 2.06. The Morgan fingerprint density at radius 1 is 1.25 bits per heavy atom. The zero-order chi connectivity index (χ0) is 17.5. The third kappa shape index (κ3) is 5.27. The first-order valence-electron chi connectivity index (χ1n) is 7.73. The topological polar surface area (TPSA) is 78.4 Å². The Labute approximate surface area is 140 Å². The van der Waals surface area contributed by atoms with Crippen LogP contribution in [0, 0.1) is 11.7 Å². The SMILES string of the molecule is CC(C)CN(CC(O)c1ccc(F)cc1)C(=O)Nc1cccnn1. The molecular formula is C17H21FN4O2. The van der Waals surface area contributed by atoms with Gasteiger partial charge in [0, 0.05) is 12.7 Å². The highest BCUT2D eigenvalue weighted by atomic mass is 19.1. The van der Waals surface area contributed by atoms with Crippen LogP contribution in [-0.2, 0) is 0 Å². The molecule has 1 unspecified atom stereocenters. The molecule has 0 spiro atoms. The Morgan fingerprint density at radius 2 is 1.96 bits per heavy atom. The number of carbonyl (C=O) groups excluding carboxylic acids is 1. The molecule has 0 aliphatic heterocycles. The molecular weight excluding hydrogens is 311 g/mol. The number of aromatic nitrogens is 2. The van der Waals surface area contributed by atoms with Gasteiger partial charge >= 0.3 is 6.03 Å². The highest BCUT2D eigenvalue weighted by molar-refractivity contribution is 5.88. The molecule has 0 radical (unpaired) electrons. The molecule has 0 saturated carbocycles.